The first-order chi connectivity index (χ1) is 8.09. The van der Waals surface area contributed by atoms with Crippen LogP contribution in [0.2, 0.25) is 0 Å². The van der Waals surface area contributed by atoms with E-state index in [0.29, 0.717) is 5.76 Å². The lowest BCUT2D eigenvalue weighted by atomic mass is 10.0. The largest absolute Gasteiger partial charge is 0.373 e. The monoisotopic (exact) mass is 231 g/mol. The fourth-order valence-electron chi connectivity index (χ4n) is 1.66. The second-order valence-corrected chi connectivity index (χ2v) is 3.95. The fraction of sp³-hybridized carbons (Fsp3) is 0.231. The molecule has 1 heterocycles. The van der Waals surface area contributed by atoms with Crippen LogP contribution in [0.5, 0.6) is 0 Å². The fourth-order valence-corrected chi connectivity index (χ4v) is 1.66. The van der Waals surface area contributed by atoms with Crippen molar-refractivity contribution in [2.24, 2.45) is 0 Å². The zero-order chi connectivity index (χ0) is 12.4. The number of carbonyl (C=O) groups is 1. The maximum atomic E-state index is 12.0. The third-order valence-corrected chi connectivity index (χ3v) is 2.63. The second-order valence-electron chi connectivity index (χ2n) is 3.95. The van der Waals surface area contributed by atoms with E-state index in [4.69, 9.17) is 4.52 Å². The SMILES string of the molecule is Cc1cc(=O)n(C(=O)C(C)c2ccccc2)o1. The van der Waals surface area contributed by atoms with E-state index in [-0.39, 0.29) is 5.91 Å². The van der Waals surface area contributed by atoms with Crippen molar-refractivity contribution in [3.63, 3.8) is 0 Å². The maximum absolute atomic E-state index is 12.0. The number of hydrogen-bond donors (Lipinski definition) is 0. The van der Waals surface area contributed by atoms with Crippen molar-refractivity contribution in [1.82, 2.24) is 4.74 Å². The molecule has 0 N–H and O–H groups in total. The van der Waals surface area contributed by atoms with Gasteiger partial charge in [0.15, 0.2) is 0 Å². The molecule has 4 nitrogen and oxygen atoms in total. The Hall–Kier alpha value is -2.10. The van der Waals surface area contributed by atoms with Crippen LogP contribution in [-0.4, -0.2) is 10.6 Å². The van der Waals surface area contributed by atoms with Gasteiger partial charge in [-0.2, -0.15) is 0 Å². The van der Waals surface area contributed by atoms with E-state index >= 15 is 0 Å². The normalized spacial score (nSPS) is 12.4. The molecule has 0 amide bonds. The summed E-state index contributed by atoms with van der Waals surface area (Å²) < 4.78 is 5.89. The topological polar surface area (TPSA) is 52.2 Å². The summed E-state index contributed by atoms with van der Waals surface area (Å²) >= 11 is 0. The summed E-state index contributed by atoms with van der Waals surface area (Å²) in [6.07, 6.45) is 0. The lowest BCUT2D eigenvalue weighted by Gasteiger charge is -2.09. The molecule has 0 aliphatic heterocycles. The van der Waals surface area contributed by atoms with Gasteiger partial charge in [-0.05, 0) is 19.4 Å². The van der Waals surface area contributed by atoms with Crippen molar-refractivity contribution in [2.45, 2.75) is 19.8 Å². The van der Waals surface area contributed by atoms with E-state index < -0.39 is 11.5 Å². The minimum atomic E-state index is -0.421. The van der Waals surface area contributed by atoms with Crippen molar-refractivity contribution < 1.29 is 9.32 Å². The van der Waals surface area contributed by atoms with Gasteiger partial charge in [-0.3, -0.25) is 9.59 Å². The van der Waals surface area contributed by atoms with Crippen LogP contribution >= 0.6 is 0 Å². The van der Waals surface area contributed by atoms with Crippen LogP contribution in [0.1, 0.15) is 29.0 Å². The molecule has 2 aromatic rings. The molecular formula is C13H13NO3. The molecular weight excluding hydrogens is 218 g/mol. The standard InChI is InChI=1S/C13H13NO3/c1-9-8-12(15)14(17-9)13(16)10(2)11-6-4-3-5-7-11/h3-8,10H,1-2H3. The first kappa shape index (κ1) is 11.4. The molecule has 1 atom stereocenters. The van der Waals surface area contributed by atoms with Crippen LogP contribution in [0.4, 0.5) is 0 Å². The number of nitrogens with zero attached hydrogens (tertiary/aromatic N) is 1. The number of hydrogen-bond acceptors (Lipinski definition) is 3. The predicted octanol–water partition coefficient (Wildman–Crippen LogP) is 2.19. The quantitative estimate of drug-likeness (QED) is 0.796. The van der Waals surface area contributed by atoms with E-state index in [9.17, 15) is 9.59 Å². The van der Waals surface area contributed by atoms with Gasteiger partial charge in [-0.1, -0.05) is 30.3 Å². The molecule has 0 saturated carbocycles. The third kappa shape index (κ3) is 2.20. The molecule has 88 valence electrons. The van der Waals surface area contributed by atoms with Crippen LogP contribution in [-0.2, 0) is 0 Å². The van der Waals surface area contributed by atoms with E-state index in [1.54, 1.807) is 13.8 Å². The lowest BCUT2D eigenvalue weighted by Crippen LogP contribution is -2.25. The number of aryl methyl sites for hydroxylation is 1. The van der Waals surface area contributed by atoms with Gasteiger partial charge < -0.3 is 4.52 Å². The second kappa shape index (κ2) is 4.41. The molecule has 0 aliphatic rings. The van der Waals surface area contributed by atoms with Crippen molar-refractivity contribution >= 4 is 5.91 Å². The third-order valence-electron chi connectivity index (χ3n) is 2.63. The highest BCUT2D eigenvalue weighted by atomic mass is 16.5. The van der Waals surface area contributed by atoms with Crippen molar-refractivity contribution in [2.75, 3.05) is 0 Å². The highest BCUT2D eigenvalue weighted by Gasteiger charge is 2.20. The minimum Gasteiger partial charge on any atom is -0.373 e. The molecule has 17 heavy (non-hydrogen) atoms. The van der Waals surface area contributed by atoms with Crippen LogP contribution in [0.3, 0.4) is 0 Å². The van der Waals surface area contributed by atoms with E-state index in [0.717, 1.165) is 10.3 Å². The first-order valence-electron chi connectivity index (χ1n) is 5.38. The number of benzene rings is 1. The summed E-state index contributed by atoms with van der Waals surface area (Å²) in [4.78, 5) is 23.5. The Morgan fingerprint density at radius 2 is 1.94 bits per heavy atom. The molecule has 4 heteroatoms. The summed E-state index contributed by atoms with van der Waals surface area (Å²) in [5.74, 6) is -0.322. The van der Waals surface area contributed by atoms with Gasteiger partial charge in [-0.25, -0.2) is 0 Å². The average molecular weight is 231 g/mol. The summed E-state index contributed by atoms with van der Waals surface area (Å²) in [6.45, 7) is 3.39. The Bertz CT molecular complexity index is 580. The van der Waals surface area contributed by atoms with E-state index in [1.807, 2.05) is 30.3 Å². The zero-order valence-corrected chi connectivity index (χ0v) is 9.71. The van der Waals surface area contributed by atoms with E-state index in [2.05, 4.69) is 0 Å². The lowest BCUT2D eigenvalue weighted by molar-refractivity contribution is 0.0750. The summed E-state index contributed by atoms with van der Waals surface area (Å²) in [6, 6.07) is 10.6. The Balaban J connectivity index is 2.33. The molecule has 0 saturated heterocycles. The van der Waals surface area contributed by atoms with Crippen molar-refractivity contribution in [1.29, 1.82) is 0 Å². The molecule has 1 aromatic carbocycles. The smallest absolute Gasteiger partial charge is 0.290 e. The molecule has 0 radical (unpaired) electrons. The molecule has 0 spiro atoms. The Morgan fingerprint density at radius 1 is 1.29 bits per heavy atom. The van der Waals surface area contributed by atoms with Crippen molar-refractivity contribution in [3.8, 4) is 0 Å². The number of rotatable bonds is 2. The average Bonchev–Trinajstić information content (AvgIpc) is 2.68. The van der Waals surface area contributed by atoms with E-state index in [1.165, 1.54) is 6.07 Å². The highest BCUT2D eigenvalue weighted by Crippen LogP contribution is 2.16. The van der Waals surface area contributed by atoms with Gasteiger partial charge in [0, 0.05) is 6.07 Å². The zero-order valence-electron chi connectivity index (χ0n) is 9.71. The highest BCUT2D eigenvalue weighted by molar-refractivity contribution is 5.84. The molecule has 0 bridgehead atoms. The molecule has 2 rings (SSSR count). The van der Waals surface area contributed by atoms with Gasteiger partial charge in [0.1, 0.15) is 5.76 Å². The number of aromatic nitrogens is 1. The Morgan fingerprint density at radius 3 is 2.47 bits per heavy atom. The Kier molecular flexibility index (Phi) is 2.95. The minimum absolute atomic E-state index is 0.352. The van der Waals surface area contributed by atoms with Gasteiger partial charge in [0.2, 0.25) is 0 Å². The van der Waals surface area contributed by atoms with Crippen LogP contribution in [0.15, 0.2) is 45.7 Å². The van der Waals surface area contributed by atoms with Crippen LogP contribution in [0.25, 0.3) is 0 Å². The summed E-state index contributed by atoms with van der Waals surface area (Å²) in [7, 11) is 0. The molecule has 0 fully saturated rings. The number of carbonyl (C=O) groups excluding carboxylic acids is 1. The van der Waals surface area contributed by atoms with Crippen molar-refractivity contribution in [3.05, 3.63) is 58.1 Å². The van der Waals surface area contributed by atoms with Gasteiger partial charge in [0.25, 0.3) is 11.5 Å². The molecule has 1 unspecified atom stereocenters. The maximum Gasteiger partial charge on any atom is 0.290 e. The molecule has 1 aromatic heterocycles. The Labute approximate surface area is 98.4 Å². The molecule has 0 aliphatic carbocycles. The van der Waals surface area contributed by atoms with Gasteiger partial charge >= 0.3 is 0 Å². The summed E-state index contributed by atoms with van der Waals surface area (Å²) in [5, 5.41) is 0. The summed E-state index contributed by atoms with van der Waals surface area (Å²) in [5.41, 5.74) is 0.439. The van der Waals surface area contributed by atoms with Gasteiger partial charge in [-0.15, -0.1) is 4.74 Å². The first-order valence-corrected chi connectivity index (χ1v) is 5.38. The van der Waals surface area contributed by atoms with Crippen LogP contribution < -0.4 is 5.56 Å². The van der Waals surface area contributed by atoms with Gasteiger partial charge in [0.05, 0.1) is 5.92 Å². The predicted molar refractivity (Wildman–Crippen MR) is 63.2 cm³/mol. The van der Waals surface area contributed by atoms with Crippen LogP contribution in [0, 0.1) is 6.92 Å².